The molecule has 5 atom stereocenters. The monoisotopic (exact) mass is 492 g/mol. The Morgan fingerprint density at radius 2 is 1.06 bits per heavy atom. The summed E-state index contributed by atoms with van der Waals surface area (Å²) in [6.45, 7) is -0.455. The first-order valence-corrected chi connectivity index (χ1v) is 11.2. The molecule has 1 aliphatic heterocycles. The van der Waals surface area contributed by atoms with Gasteiger partial charge in [0.1, 0.15) is 18.8 Å². The van der Waals surface area contributed by atoms with Gasteiger partial charge in [-0.05, 0) is 36.4 Å². The first kappa shape index (κ1) is 25.1. The molecule has 1 heterocycles. The summed E-state index contributed by atoms with van der Waals surface area (Å²) in [5.41, 5.74) is 0.663. The highest BCUT2D eigenvalue weighted by molar-refractivity contribution is 5.90. The average molecular weight is 492 g/mol. The lowest BCUT2D eigenvalue weighted by atomic mass is 9.98. The van der Waals surface area contributed by atoms with Crippen molar-refractivity contribution in [1.82, 2.24) is 0 Å². The number of benzene rings is 3. The van der Waals surface area contributed by atoms with E-state index in [2.05, 4.69) is 0 Å². The first-order chi connectivity index (χ1) is 17.4. The van der Waals surface area contributed by atoms with E-state index in [1.165, 1.54) is 24.3 Å². The highest BCUT2D eigenvalue weighted by Crippen LogP contribution is 2.27. The summed E-state index contributed by atoms with van der Waals surface area (Å²) in [5, 5.41) is 20.9. The molecule has 9 nitrogen and oxygen atoms in total. The van der Waals surface area contributed by atoms with Crippen LogP contribution in [0.25, 0.3) is 0 Å². The maximum atomic E-state index is 12.8. The third kappa shape index (κ3) is 5.95. The second kappa shape index (κ2) is 11.6. The van der Waals surface area contributed by atoms with Crippen LogP contribution < -0.4 is 0 Å². The van der Waals surface area contributed by atoms with Crippen molar-refractivity contribution in [2.75, 3.05) is 6.61 Å². The first-order valence-electron chi connectivity index (χ1n) is 11.2. The molecule has 0 unspecified atom stereocenters. The van der Waals surface area contributed by atoms with E-state index in [0.29, 0.717) is 0 Å². The Morgan fingerprint density at radius 1 is 0.639 bits per heavy atom. The van der Waals surface area contributed by atoms with Crippen molar-refractivity contribution < 1.29 is 43.5 Å². The highest BCUT2D eigenvalue weighted by atomic mass is 16.7. The number of ether oxygens (including phenoxy) is 4. The molecule has 1 aliphatic rings. The summed E-state index contributed by atoms with van der Waals surface area (Å²) >= 11 is 0. The van der Waals surface area contributed by atoms with Gasteiger partial charge < -0.3 is 29.2 Å². The van der Waals surface area contributed by atoms with Crippen molar-refractivity contribution in [2.45, 2.75) is 30.7 Å². The lowest BCUT2D eigenvalue weighted by molar-refractivity contribution is -0.285. The molecular weight excluding hydrogens is 468 g/mol. The van der Waals surface area contributed by atoms with Crippen LogP contribution in [-0.2, 0) is 18.9 Å². The van der Waals surface area contributed by atoms with Crippen molar-refractivity contribution >= 4 is 17.9 Å². The van der Waals surface area contributed by atoms with Gasteiger partial charge in [0.15, 0.2) is 18.5 Å². The third-order valence-corrected chi connectivity index (χ3v) is 5.53. The van der Waals surface area contributed by atoms with Crippen molar-refractivity contribution in [3.63, 3.8) is 0 Å². The van der Waals surface area contributed by atoms with Gasteiger partial charge in [0.05, 0.1) is 16.7 Å². The Morgan fingerprint density at radius 3 is 1.53 bits per heavy atom. The van der Waals surface area contributed by atoms with Crippen LogP contribution in [0.15, 0.2) is 91.0 Å². The molecule has 0 amide bonds. The van der Waals surface area contributed by atoms with E-state index in [-0.39, 0.29) is 16.7 Å². The second-order valence-electron chi connectivity index (χ2n) is 7.99. The molecular formula is C27H24O9. The minimum atomic E-state index is -1.80. The van der Waals surface area contributed by atoms with Gasteiger partial charge in [0.25, 0.3) is 0 Å². The Bertz CT molecular complexity index is 1170. The standard InChI is InChI=1S/C27H24O9/c28-21-23(36-26(31)19-14-8-3-9-15-19)22(35-25(30)18-12-6-2-7-13-18)20(34-27(21)32)16-33-24(29)17-10-4-1-5-11-17/h1-15,20-23,27-28,32H,16H2/t20-,21-,22-,23+,27+/m1/s1. The highest BCUT2D eigenvalue weighted by Gasteiger charge is 2.50. The maximum Gasteiger partial charge on any atom is 0.338 e. The smallest absolute Gasteiger partial charge is 0.338 e. The van der Waals surface area contributed by atoms with E-state index in [9.17, 15) is 24.6 Å². The number of aliphatic hydroxyl groups excluding tert-OH is 2. The number of hydrogen-bond donors (Lipinski definition) is 2. The van der Waals surface area contributed by atoms with Crippen LogP contribution in [0, 0.1) is 0 Å². The van der Waals surface area contributed by atoms with Crippen molar-refractivity contribution in [3.05, 3.63) is 108 Å². The summed E-state index contributed by atoms with van der Waals surface area (Å²) < 4.78 is 21.8. The van der Waals surface area contributed by atoms with E-state index in [1.807, 2.05) is 0 Å². The minimum Gasteiger partial charge on any atom is -0.459 e. The van der Waals surface area contributed by atoms with Crippen molar-refractivity contribution in [1.29, 1.82) is 0 Å². The normalized spacial score (nSPS) is 23.3. The van der Waals surface area contributed by atoms with Crippen LogP contribution >= 0.6 is 0 Å². The Balaban J connectivity index is 1.57. The van der Waals surface area contributed by atoms with Gasteiger partial charge in [-0.1, -0.05) is 54.6 Å². The molecule has 0 spiro atoms. The second-order valence-corrected chi connectivity index (χ2v) is 7.99. The number of carbonyl (C=O) groups excluding carboxylic acids is 3. The number of esters is 3. The molecule has 9 heteroatoms. The molecule has 36 heavy (non-hydrogen) atoms. The van der Waals surface area contributed by atoms with Gasteiger partial charge in [-0.3, -0.25) is 0 Å². The lowest BCUT2D eigenvalue weighted by Crippen LogP contribution is -2.61. The zero-order chi connectivity index (χ0) is 25.5. The van der Waals surface area contributed by atoms with Crippen molar-refractivity contribution in [3.8, 4) is 0 Å². The fourth-order valence-corrected chi connectivity index (χ4v) is 3.67. The number of rotatable bonds is 7. The Hall–Kier alpha value is -4.05. The fraction of sp³-hybridized carbons (Fsp3) is 0.222. The quantitative estimate of drug-likeness (QED) is 0.377. The lowest BCUT2D eigenvalue weighted by Gasteiger charge is -2.41. The third-order valence-electron chi connectivity index (χ3n) is 5.53. The van der Waals surface area contributed by atoms with Crippen LogP contribution in [0.4, 0.5) is 0 Å². The van der Waals surface area contributed by atoms with E-state index >= 15 is 0 Å². The maximum absolute atomic E-state index is 12.8. The molecule has 3 aromatic carbocycles. The molecule has 4 rings (SSSR count). The zero-order valence-electron chi connectivity index (χ0n) is 19.0. The molecule has 3 aromatic rings. The summed E-state index contributed by atoms with van der Waals surface area (Å²) in [5.74, 6) is -2.27. The summed E-state index contributed by atoms with van der Waals surface area (Å²) in [6, 6.07) is 24.2. The molecule has 0 aliphatic carbocycles. The fourth-order valence-electron chi connectivity index (χ4n) is 3.67. The predicted molar refractivity (Wildman–Crippen MR) is 125 cm³/mol. The van der Waals surface area contributed by atoms with Crippen LogP contribution in [0.3, 0.4) is 0 Å². The zero-order valence-corrected chi connectivity index (χ0v) is 19.0. The molecule has 0 radical (unpaired) electrons. The van der Waals surface area contributed by atoms with Gasteiger partial charge in [-0.25, -0.2) is 14.4 Å². The van der Waals surface area contributed by atoms with Gasteiger partial charge in [-0.15, -0.1) is 0 Å². The van der Waals surface area contributed by atoms with Gasteiger partial charge in [0.2, 0.25) is 0 Å². The average Bonchev–Trinajstić information content (AvgIpc) is 2.92. The predicted octanol–water partition coefficient (Wildman–Crippen LogP) is 2.37. The Labute approximate surface area is 206 Å². The molecule has 0 bridgehead atoms. The topological polar surface area (TPSA) is 129 Å². The van der Waals surface area contributed by atoms with Crippen LogP contribution in [-0.4, -0.2) is 65.4 Å². The molecule has 186 valence electrons. The van der Waals surface area contributed by atoms with Gasteiger partial charge >= 0.3 is 17.9 Å². The molecule has 0 aromatic heterocycles. The van der Waals surface area contributed by atoms with E-state index in [1.54, 1.807) is 66.7 Å². The largest absolute Gasteiger partial charge is 0.459 e. The summed E-state index contributed by atoms with van der Waals surface area (Å²) in [6.07, 6.45) is -7.72. The number of hydrogen-bond acceptors (Lipinski definition) is 9. The minimum absolute atomic E-state index is 0.186. The number of carbonyl (C=O) groups is 3. The van der Waals surface area contributed by atoms with Gasteiger partial charge in [0, 0.05) is 0 Å². The SMILES string of the molecule is O=C(OC[C@H]1O[C@H](O)[C@H](O)[C@H](OC(=O)c2ccccc2)[C@@H]1OC(=O)c1ccccc1)c1ccccc1. The molecule has 1 fully saturated rings. The summed E-state index contributed by atoms with van der Waals surface area (Å²) in [4.78, 5) is 38.0. The van der Waals surface area contributed by atoms with Crippen LogP contribution in [0.5, 0.6) is 0 Å². The summed E-state index contributed by atoms with van der Waals surface area (Å²) in [7, 11) is 0. The van der Waals surface area contributed by atoms with E-state index in [4.69, 9.17) is 18.9 Å². The molecule has 2 N–H and O–H groups in total. The molecule has 0 saturated carbocycles. The van der Waals surface area contributed by atoms with Crippen molar-refractivity contribution in [2.24, 2.45) is 0 Å². The van der Waals surface area contributed by atoms with E-state index < -0.39 is 55.2 Å². The molecule has 1 saturated heterocycles. The number of aliphatic hydroxyl groups is 2. The van der Waals surface area contributed by atoms with Crippen LogP contribution in [0.1, 0.15) is 31.1 Å². The van der Waals surface area contributed by atoms with E-state index in [0.717, 1.165) is 0 Å². The van der Waals surface area contributed by atoms with Crippen LogP contribution in [0.2, 0.25) is 0 Å². The Kier molecular flexibility index (Phi) is 8.06. The van der Waals surface area contributed by atoms with Gasteiger partial charge in [-0.2, -0.15) is 0 Å².